The van der Waals surface area contributed by atoms with Gasteiger partial charge in [0.05, 0.1) is 12.3 Å². The van der Waals surface area contributed by atoms with E-state index < -0.39 is 0 Å². The average molecular weight is 268 g/mol. The van der Waals surface area contributed by atoms with Gasteiger partial charge in [0.1, 0.15) is 18.0 Å². The molecule has 102 valence electrons. The van der Waals surface area contributed by atoms with Gasteiger partial charge in [-0.25, -0.2) is 4.98 Å². The predicted octanol–water partition coefficient (Wildman–Crippen LogP) is 2.68. The molecule has 20 heavy (non-hydrogen) atoms. The molecule has 0 fully saturated rings. The summed E-state index contributed by atoms with van der Waals surface area (Å²) in [6, 6.07) is 11.8. The second kappa shape index (κ2) is 5.35. The molecule has 0 aliphatic carbocycles. The number of pyridine rings is 1. The number of aliphatic hydroxyl groups excluding tert-OH is 1. The minimum Gasteiger partial charge on any atom is -0.491 e. The Morgan fingerprint density at radius 3 is 2.95 bits per heavy atom. The van der Waals surface area contributed by atoms with E-state index in [4.69, 9.17) is 9.84 Å². The first-order valence-electron chi connectivity index (χ1n) is 6.56. The maximum absolute atomic E-state index is 8.79. The van der Waals surface area contributed by atoms with Crippen LogP contribution in [0.15, 0.2) is 48.8 Å². The lowest BCUT2D eigenvalue weighted by atomic mass is 10.1. The number of imidazole rings is 1. The van der Waals surface area contributed by atoms with Gasteiger partial charge in [-0.05, 0) is 30.7 Å². The number of hydrogen-bond donors (Lipinski definition) is 1. The Morgan fingerprint density at radius 1 is 1.20 bits per heavy atom. The van der Waals surface area contributed by atoms with Crippen LogP contribution in [-0.2, 0) is 0 Å². The zero-order valence-corrected chi connectivity index (χ0v) is 11.3. The molecule has 0 aliphatic heterocycles. The van der Waals surface area contributed by atoms with E-state index in [1.165, 1.54) is 5.56 Å². The molecule has 2 heterocycles. The molecule has 0 saturated carbocycles. The van der Waals surface area contributed by atoms with Crippen LogP contribution in [0.4, 0.5) is 0 Å². The van der Waals surface area contributed by atoms with Crippen molar-refractivity contribution in [2.24, 2.45) is 0 Å². The summed E-state index contributed by atoms with van der Waals surface area (Å²) < 4.78 is 7.45. The summed E-state index contributed by atoms with van der Waals surface area (Å²) in [5.41, 5.74) is 4.03. The van der Waals surface area contributed by atoms with Crippen LogP contribution in [-0.4, -0.2) is 27.7 Å². The van der Waals surface area contributed by atoms with Crippen molar-refractivity contribution < 1.29 is 9.84 Å². The Morgan fingerprint density at radius 2 is 2.10 bits per heavy atom. The maximum Gasteiger partial charge on any atom is 0.137 e. The summed E-state index contributed by atoms with van der Waals surface area (Å²) in [7, 11) is 0. The third kappa shape index (κ3) is 2.51. The number of nitrogens with zero attached hydrogens (tertiary/aromatic N) is 2. The van der Waals surface area contributed by atoms with Crippen molar-refractivity contribution in [1.29, 1.82) is 0 Å². The third-order valence-electron chi connectivity index (χ3n) is 3.09. The largest absolute Gasteiger partial charge is 0.491 e. The Hall–Kier alpha value is -2.33. The van der Waals surface area contributed by atoms with E-state index in [0.29, 0.717) is 6.61 Å². The van der Waals surface area contributed by atoms with Gasteiger partial charge in [-0.2, -0.15) is 0 Å². The van der Waals surface area contributed by atoms with Crippen LogP contribution in [0.5, 0.6) is 5.75 Å². The average Bonchev–Trinajstić information content (AvgIpc) is 2.88. The summed E-state index contributed by atoms with van der Waals surface area (Å²) in [4.78, 5) is 4.60. The summed E-state index contributed by atoms with van der Waals surface area (Å²) in [5, 5.41) is 8.79. The number of rotatable bonds is 4. The Balaban J connectivity index is 1.97. The molecule has 0 aliphatic rings. The van der Waals surface area contributed by atoms with Crippen molar-refractivity contribution in [3.63, 3.8) is 0 Å². The molecular formula is C16H16N2O2. The highest BCUT2D eigenvalue weighted by Gasteiger charge is 2.05. The van der Waals surface area contributed by atoms with Gasteiger partial charge in [0.2, 0.25) is 0 Å². The van der Waals surface area contributed by atoms with Crippen molar-refractivity contribution in [1.82, 2.24) is 9.38 Å². The van der Waals surface area contributed by atoms with Crippen LogP contribution in [0.25, 0.3) is 16.9 Å². The molecule has 1 aromatic carbocycles. The van der Waals surface area contributed by atoms with E-state index in [1.54, 1.807) is 0 Å². The number of aromatic nitrogens is 2. The highest BCUT2D eigenvalue weighted by atomic mass is 16.5. The Kier molecular flexibility index (Phi) is 3.39. The molecule has 2 aromatic heterocycles. The fraction of sp³-hybridized carbons (Fsp3) is 0.188. The number of aliphatic hydroxyl groups is 1. The number of hydrogen-bond acceptors (Lipinski definition) is 3. The molecule has 0 bridgehead atoms. The standard InChI is InChI=1S/C16H16N2O2/c1-12-5-6-16-17-15(11-18(16)10-12)13-3-2-4-14(9-13)20-8-7-19/h2-6,9-11,19H,7-8H2,1H3. The second-order valence-electron chi connectivity index (χ2n) is 4.70. The molecule has 1 N–H and O–H groups in total. The minimum absolute atomic E-state index is 0.0118. The van der Waals surface area contributed by atoms with E-state index in [-0.39, 0.29) is 6.61 Å². The minimum atomic E-state index is 0.0118. The zero-order chi connectivity index (χ0) is 13.9. The third-order valence-corrected chi connectivity index (χ3v) is 3.09. The molecule has 4 heteroatoms. The lowest BCUT2D eigenvalue weighted by Gasteiger charge is -2.05. The maximum atomic E-state index is 8.79. The highest BCUT2D eigenvalue weighted by Crippen LogP contribution is 2.23. The number of benzene rings is 1. The van der Waals surface area contributed by atoms with Gasteiger partial charge in [-0.1, -0.05) is 18.2 Å². The quantitative estimate of drug-likeness (QED) is 0.791. The van der Waals surface area contributed by atoms with E-state index in [9.17, 15) is 0 Å². The van der Waals surface area contributed by atoms with Gasteiger partial charge in [0, 0.05) is 18.0 Å². The van der Waals surface area contributed by atoms with Crippen LogP contribution in [0, 0.1) is 6.92 Å². The summed E-state index contributed by atoms with van der Waals surface area (Å²) >= 11 is 0. The van der Waals surface area contributed by atoms with E-state index in [2.05, 4.69) is 18.1 Å². The molecular weight excluding hydrogens is 252 g/mol. The van der Waals surface area contributed by atoms with Gasteiger partial charge < -0.3 is 14.2 Å². The van der Waals surface area contributed by atoms with Gasteiger partial charge >= 0.3 is 0 Å². The van der Waals surface area contributed by atoms with Crippen molar-refractivity contribution >= 4 is 5.65 Å². The first kappa shape index (κ1) is 12.7. The molecule has 0 atom stereocenters. The number of fused-ring (bicyclic) bond motifs is 1. The van der Waals surface area contributed by atoms with Crippen LogP contribution < -0.4 is 4.74 Å². The SMILES string of the molecule is Cc1ccc2nc(-c3cccc(OCCO)c3)cn2c1. The van der Waals surface area contributed by atoms with Crippen LogP contribution in [0.1, 0.15) is 5.56 Å². The van der Waals surface area contributed by atoms with E-state index in [1.807, 2.05) is 47.0 Å². The van der Waals surface area contributed by atoms with Crippen molar-refractivity contribution in [3.05, 3.63) is 54.4 Å². The monoisotopic (exact) mass is 268 g/mol. The molecule has 3 aromatic rings. The first-order valence-corrected chi connectivity index (χ1v) is 6.56. The lowest BCUT2D eigenvalue weighted by molar-refractivity contribution is 0.201. The smallest absolute Gasteiger partial charge is 0.137 e. The number of ether oxygens (including phenoxy) is 1. The van der Waals surface area contributed by atoms with E-state index >= 15 is 0 Å². The van der Waals surface area contributed by atoms with Crippen LogP contribution in [0.2, 0.25) is 0 Å². The van der Waals surface area contributed by atoms with E-state index in [0.717, 1.165) is 22.7 Å². The molecule has 0 unspecified atom stereocenters. The highest BCUT2D eigenvalue weighted by molar-refractivity contribution is 5.64. The fourth-order valence-corrected chi connectivity index (χ4v) is 2.15. The van der Waals surface area contributed by atoms with Crippen molar-refractivity contribution in [2.75, 3.05) is 13.2 Å². The molecule has 0 radical (unpaired) electrons. The number of aryl methyl sites for hydroxylation is 1. The summed E-state index contributed by atoms with van der Waals surface area (Å²) in [6.45, 7) is 2.37. The zero-order valence-electron chi connectivity index (χ0n) is 11.3. The predicted molar refractivity (Wildman–Crippen MR) is 77.9 cm³/mol. The summed E-state index contributed by atoms with van der Waals surface area (Å²) in [6.07, 6.45) is 4.06. The van der Waals surface area contributed by atoms with Crippen molar-refractivity contribution in [2.45, 2.75) is 6.92 Å². The lowest BCUT2D eigenvalue weighted by Crippen LogP contribution is -2.01. The van der Waals surface area contributed by atoms with Gasteiger partial charge in [0.25, 0.3) is 0 Å². The fourth-order valence-electron chi connectivity index (χ4n) is 2.15. The Bertz CT molecular complexity index is 734. The summed E-state index contributed by atoms with van der Waals surface area (Å²) in [5.74, 6) is 0.741. The van der Waals surface area contributed by atoms with Crippen LogP contribution in [0.3, 0.4) is 0 Å². The van der Waals surface area contributed by atoms with Gasteiger partial charge in [-0.3, -0.25) is 0 Å². The molecule has 0 saturated heterocycles. The second-order valence-corrected chi connectivity index (χ2v) is 4.70. The topological polar surface area (TPSA) is 46.8 Å². The Labute approximate surface area is 117 Å². The van der Waals surface area contributed by atoms with Gasteiger partial charge in [-0.15, -0.1) is 0 Å². The van der Waals surface area contributed by atoms with Crippen LogP contribution >= 0.6 is 0 Å². The molecule has 0 amide bonds. The molecule has 0 spiro atoms. The van der Waals surface area contributed by atoms with Gasteiger partial charge in [0.15, 0.2) is 0 Å². The van der Waals surface area contributed by atoms with Crippen molar-refractivity contribution in [3.8, 4) is 17.0 Å². The first-order chi connectivity index (χ1) is 9.76. The molecule has 3 rings (SSSR count). The molecule has 4 nitrogen and oxygen atoms in total. The normalized spacial score (nSPS) is 10.9.